The molecule has 1 aromatic heterocycles. The Balaban J connectivity index is 2.24. The molecule has 1 aliphatic carbocycles. The number of pyridine rings is 1. The predicted molar refractivity (Wildman–Crippen MR) is 87.8 cm³/mol. The Labute approximate surface area is 136 Å². The Hall–Kier alpha value is -2.70. The third-order valence-corrected chi connectivity index (χ3v) is 4.22. The quantitative estimate of drug-likeness (QED) is 0.647. The molecule has 0 aliphatic heterocycles. The van der Waals surface area contributed by atoms with Crippen LogP contribution in [0.15, 0.2) is 23.0 Å². The first kappa shape index (κ1) is 16.2. The molecule has 0 saturated heterocycles. The lowest BCUT2D eigenvalue weighted by Crippen LogP contribution is -2.30. The normalized spacial score (nSPS) is 14.3. The third-order valence-electron chi connectivity index (χ3n) is 4.22. The molecule has 5 nitrogen and oxygen atoms in total. The molecule has 0 amide bonds. The highest BCUT2D eigenvalue weighted by Gasteiger charge is 2.25. The molecule has 2 aromatic rings. The summed E-state index contributed by atoms with van der Waals surface area (Å²) in [5.41, 5.74) is -1.74. The predicted octanol–water partition coefficient (Wildman–Crippen LogP) is 3.38. The van der Waals surface area contributed by atoms with Gasteiger partial charge in [-0.05, 0) is 38.3 Å². The Morgan fingerprint density at radius 3 is 2.46 bits per heavy atom. The molecule has 1 saturated carbocycles. The van der Waals surface area contributed by atoms with Crippen LogP contribution in [0, 0.1) is 17.0 Å². The first-order valence-corrected chi connectivity index (χ1v) is 7.65. The minimum Gasteiger partial charge on any atom is -0.503 e. The highest BCUT2D eigenvalue weighted by atomic mass is 19.1. The number of hydrogen-bond donors (Lipinski definition) is 4. The molecule has 1 aliphatic rings. The van der Waals surface area contributed by atoms with Crippen molar-refractivity contribution in [3.63, 3.8) is 0 Å². The highest BCUT2D eigenvalue weighted by Crippen LogP contribution is 2.32. The fourth-order valence-corrected chi connectivity index (χ4v) is 2.73. The van der Waals surface area contributed by atoms with Crippen molar-refractivity contribution < 1.29 is 13.9 Å². The zero-order chi connectivity index (χ0) is 17.4. The zero-order valence-corrected chi connectivity index (χ0v) is 13.0. The molecule has 24 heavy (non-hydrogen) atoms. The van der Waals surface area contributed by atoms with Crippen LogP contribution in [-0.2, 0) is 0 Å². The molecule has 126 valence electrons. The summed E-state index contributed by atoms with van der Waals surface area (Å²) in [6, 6.07) is 3.42. The molecule has 1 aromatic carbocycles. The van der Waals surface area contributed by atoms with Crippen molar-refractivity contribution in [1.29, 1.82) is 5.41 Å². The molecule has 1 heterocycles. The lowest BCUT2D eigenvalue weighted by atomic mass is 9.93. The molecule has 0 bridgehead atoms. The van der Waals surface area contributed by atoms with Crippen LogP contribution >= 0.6 is 0 Å². The summed E-state index contributed by atoms with van der Waals surface area (Å²) in [4.78, 5) is 15.2. The van der Waals surface area contributed by atoms with Crippen LogP contribution in [0.2, 0.25) is 0 Å². The van der Waals surface area contributed by atoms with Crippen molar-refractivity contribution in [2.75, 3.05) is 5.32 Å². The van der Waals surface area contributed by atoms with Crippen LogP contribution in [0.5, 0.6) is 5.75 Å². The van der Waals surface area contributed by atoms with Gasteiger partial charge in [0, 0.05) is 11.8 Å². The van der Waals surface area contributed by atoms with E-state index in [0.29, 0.717) is 0 Å². The molecule has 4 N–H and O–H groups in total. The van der Waals surface area contributed by atoms with Crippen LogP contribution in [0.1, 0.15) is 31.7 Å². The summed E-state index contributed by atoms with van der Waals surface area (Å²) in [7, 11) is 0. The molecule has 3 rings (SSSR count). The van der Waals surface area contributed by atoms with E-state index in [1.165, 1.54) is 13.0 Å². The second-order valence-electron chi connectivity index (χ2n) is 5.92. The average Bonchev–Trinajstić information content (AvgIpc) is 2.47. The van der Waals surface area contributed by atoms with Crippen LogP contribution in [0.4, 0.5) is 14.6 Å². The lowest BCUT2D eigenvalue weighted by Gasteiger charge is -2.28. The van der Waals surface area contributed by atoms with Crippen molar-refractivity contribution >= 4 is 11.5 Å². The van der Waals surface area contributed by atoms with Gasteiger partial charge in [0.15, 0.2) is 5.75 Å². The van der Waals surface area contributed by atoms with Gasteiger partial charge in [-0.1, -0.05) is 6.07 Å². The van der Waals surface area contributed by atoms with E-state index >= 15 is 0 Å². The topological polar surface area (TPSA) is 89.0 Å². The van der Waals surface area contributed by atoms with Gasteiger partial charge in [0.1, 0.15) is 17.5 Å². The summed E-state index contributed by atoms with van der Waals surface area (Å²) >= 11 is 0. The van der Waals surface area contributed by atoms with Gasteiger partial charge < -0.3 is 20.8 Å². The molecular formula is C17H17F2N3O2. The number of halogens is 2. The Kier molecular flexibility index (Phi) is 4.09. The van der Waals surface area contributed by atoms with Crippen LogP contribution in [0.25, 0.3) is 11.3 Å². The zero-order valence-electron chi connectivity index (χ0n) is 13.0. The summed E-state index contributed by atoms with van der Waals surface area (Å²) < 4.78 is 28.1. The number of aromatic nitrogens is 1. The van der Waals surface area contributed by atoms with Crippen LogP contribution < -0.4 is 10.7 Å². The Morgan fingerprint density at radius 2 is 1.96 bits per heavy atom. The number of H-pyrrole nitrogens is 1. The number of rotatable bonds is 4. The third kappa shape index (κ3) is 2.66. The van der Waals surface area contributed by atoms with Crippen LogP contribution in [-0.4, -0.2) is 21.8 Å². The molecule has 0 unspecified atom stereocenters. The summed E-state index contributed by atoms with van der Waals surface area (Å²) in [5, 5.41) is 21.0. The molecule has 7 heteroatoms. The summed E-state index contributed by atoms with van der Waals surface area (Å²) in [6.07, 6.45) is 2.86. The summed E-state index contributed by atoms with van der Waals surface area (Å²) in [5.74, 6) is -2.39. The number of aromatic amines is 1. The maximum atomic E-state index is 14.0. The number of nitrogens with one attached hydrogen (secondary N) is 3. The molecule has 0 radical (unpaired) electrons. The first-order valence-electron chi connectivity index (χ1n) is 7.65. The number of anilines is 1. The maximum Gasteiger partial charge on any atom is 0.234 e. The van der Waals surface area contributed by atoms with Gasteiger partial charge in [0.05, 0.1) is 16.8 Å². The Morgan fingerprint density at radius 1 is 1.33 bits per heavy atom. The first-order chi connectivity index (χ1) is 11.4. The van der Waals surface area contributed by atoms with Crippen molar-refractivity contribution in [1.82, 2.24) is 4.98 Å². The van der Waals surface area contributed by atoms with Crippen molar-refractivity contribution in [2.45, 2.75) is 32.2 Å². The summed E-state index contributed by atoms with van der Waals surface area (Å²) in [6.45, 7) is 1.42. The monoisotopic (exact) mass is 333 g/mol. The van der Waals surface area contributed by atoms with E-state index in [9.17, 15) is 18.7 Å². The van der Waals surface area contributed by atoms with E-state index in [1.807, 2.05) is 0 Å². The average molecular weight is 333 g/mol. The van der Waals surface area contributed by atoms with E-state index in [-0.39, 0.29) is 28.8 Å². The SMILES string of the molecule is CC(=N)c1c(NC2CCC2)[nH]c(-c2c(F)cccc2F)c(O)c1=O. The lowest BCUT2D eigenvalue weighted by molar-refractivity contribution is 0.443. The van der Waals surface area contributed by atoms with Gasteiger partial charge in [-0.2, -0.15) is 0 Å². The van der Waals surface area contributed by atoms with Gasteiger partial charge in [0.2, 0.25) is 5.43 Å². The van der Waals surface area contributed by atoms with E-state index in [2.05, 4.69) is 10.3 Å². The van der Waals surface area contributed by atoms with E-state index in [1.54, 1.807) is 0 Å². The van der Waals surface area contributed by atoms with E-state index in [0.717, 1.165) is 31.4 Å². The minimum atomic E-state index is -0.894. The van der Waals surface area contributed by atoms with Gasteiger partial charge >= 0.3 is 0 Å². The number of aromatic hydroxyl groups is 1. The maximum absolute atomic E-state index is 14.0. The largest absolute Gasteiger partial charge is 0.503 e. The standard InChI is InChI=1S/C17H17F2N3O2/c1-8(20)12-15(23)16(24)14(13-10(18)6-3-7-11(13)19)22-17(12)21-9-4-2-5-9/h3,6-7,9,20,24H,2,4-5H2,1H3,(H2,21,22,23). The molecule has 0 atom stereocenters. The second-order valence-corrected chi connectivity index (χ2v) is 5.92. The molecular weight excluding hydrogens is 316 g/mol. The number of benzene rings is 1. The fourth-order valence-electron chi connectivity index (χ4n) is 2.73. The number of hydrogen-bond acceptors (Lipinski definition) is 4. The van der Waals surface area contributed by atoms with Crippen molar-refractivity contribution in [3.8, 4) is 17.0 Å². The minimum absolute atomic E-state index is 0.0279. The fraction of sp³-hybridized carbons (Fsp3) is 0.294. The van der Waals surface area contributed by atoms with Crippen molar-refractivity contribution in [2.24, 2.45) is 0 Å². The van der Waals surface area contributed by atoms with Gasteiger partial charge in [0.25, 0.3) is 0 Å². The van der Waals surface area contributed by atoms with Crippen molar-refractivity contribution in [3.05, 3.63) is 45.6 Å². The Bertz CT molecular complexity index is 853. The second kappa shape index (κ2) is 6.07. The van der Waals surface area contributed by atoms with E-state index < -0.39 is 28.4 Å². The molecule has 1 fully saturated rings. The van der Waals surface area contributed by atoms with Gasteiger partial charge in [-0.3, -0.25) is 4.79 Å². The van der Waals surface area contributed by atoms with E-state index in [4.69, 9.17) is 5.41 Å². The highest BCUT2D eigenvalue weighted by molar-refractivity contribution is 6.01. The van der Waals surface area contributed by atoms with Gasteiger partial charge in [-0.15, -0.1) is 0 Å². The van der Waals surface area contributed by atoms with Gasteiger partial charge in [-0.25, -0.2) is 8.78 Å². The molecule has 0 spiro atoms. The van der Waals surface area contributed by atoms with Crippen LogP contribution in [0.3, 0.4) is 0 Å². The smallest absolute Gasteiger partial charge is 0.234 e.